The molecule has 0 saturated carbocycles. The second-order valence-electron chi connectivity index (χ2n) is 6.74. The molecule has 0 spiro atoms. The Balaban J connectivity index is 2.00. The number of hydrogen-bond donors (Lipinski definition) is 2. The highest BCUT2D eigenvalue weighted by atomic mass is 79.9. The summed E-state index contributed by atoms with van der Waals surface area (Å²) in [6.07, 6.45) is -3.98. The minimum atomic E-state index is -4.80. The minimum absolute atomic E-state index is 0.0700. The molecule has 1 atom stereocenters. The van der Waals surface area contributed by atoms with E-state index in [1.807, 2.05) is 13.8 Å². The van der Waals surface area contributed by atoms with E-state index in [-0.39, 0.29) is 11.8 Å². The topological polar surface area (TPSA) is 59.1 Å². The normalized spacial score (nSPS) is 12.4. The van der Waals surface area contributed by atoms with Crippen LogP contribution in [0, 0.1) is 5.82 Å². The van der Waals surface area contributed by atoms with E-state index in [1.165, 1.54) is 30.3 Å². The standard InChI is InChI=1S/C21H19BrF4N4O/c1-3-12(2)27-20-29-18(13-5-4-6-15(9-13)31-21(24,25)26)11-19(30-20)28-17-8-7-14(23)10-16(17)22/h4-12H,3H2,1-2H3,(H2,27,28,29,30)/t12-/m1/s1. The second kappa shape index (κ2) is 9.51. The van der Waals surface area contributed by atoms with Gasteiger partial charge in [0.25, 0.3) is 0 Å². The zero-order valence-electron chi connectivity index (χ0n) is 16.6. The molecule has 3 aromatic rings. The Hall–Kier alpha value is -2.88. The van der Waals surface area contributed by atoms with E-state index < -0.39 is 12.2 Å². The third-order valence-corrected chi connectivity index (χ3v) is 4.93. The first-order valence-electron chi connectivity index (χ1n) is 9.37. The van der Waals surface area contributed by atoms with Crippen LogP contribution in [0.2, 0.25) is 0 Å². The Morgan fingerprint density at radius 2 is 1.87 bits per heavy atom. The highest BCUT2D eigenvalue weighted by Crippen LogP contribution is 2.31. The van der Waals surface area contributed by atoms with Gasteiger partial charge in [0, 0.05) is 22.1 Å². The summed E-state index contributed by atoms with van der Waals surface area (Å²) in [6, 6.07) is 11.3. The summed E-state index contributed by atoms with van der Waals surface area (Å²) >= 11 is 3.29. The van der Waals surface area contributed by atoms with Crippen LogP contribution < -0.4 is 15.4 Å². The predicted molar refractivity (Wildman–Crippen MR) is 115 cm³/mol. The molecule has 2 aromatic carbocycles. The number of anilines is 3. The van der Waals surface area contributed by atoms with E-state index in [2.05, 4.69) is 41.3 Å². The molecule has 1 aromatic heterocycles. The molecule has 0 aliphatic heterocycles. The van der Waals surface area contributed by atoms with Gasteiger partial charge < -0.3 is 15.4 Å². The molecule has 31 heavy (non-hydrogen) atoms. The molecule has 0 fully saturated rings. The summed E-state index contributed by atoms with van der Waals surface area (Å²) in [5.74, 6) is -0.0720. The zero-order valence-corrected chi connectivity index (χ0v) is 18.2. The fourth-order valence-electron chi connectivity index (χ4n) is 2.63. The smallest absolute Gasteiger partial charge is 0.406 e. The maximum absolute atomic E-state index is 13.4. The van der Waals surface area contributed by atoms with Crippen molar-refractivity contribution >= 4 is 33.4 Å². The van der Waals surface area contributed by atoms with Crippen molar-refractivity contribution in [1.82, 2.24) is 9.97 Å². The van der Waals surface area contributed by atoms with Gasteiger partial charge in [-0.25, -0.2) is 9.37 Å². The van der Waals surface area contributed by atoms with Gasteiger partial charge in [-0.3, -0.25) is 0 Å². The zero-order chi connectivity index (χ0) is 22.6. The number of rotatable bonds is 7. The van der Waals surface area contributed by atoms with Crippen molar-refractivity contribution in [3.63, 3.8) is 0 Å². The first kappa shape index (κ1) is 22.8. The van der Waals surface area contributed by atoms with Gasteiger partial charge in [-0.2, -0.15) is 4.98 Å². The largest absolute Gasteiger partial charge is 0.573 e. The van der Waals surface area contributed by atoms with Crippen molar-refractivity contribution < 1.29 is 22.3 Å². The molecule has 0 aliphatic carbocycles. The van der Waals surface area contributed by atoms with Gasteiger partial charge in [0.05, 0.1) is 11.4 Å². The van der Waals surface area contributed by atoms with Crippen molar-refractivity contribution in [2.24, 2.45) is 0 Å². The molecule has 0 amide bonds. The van der Waals surface area contributed by atoms with E-state index in [0.717, 1.165) is 6.42 Å². The lowest BCUT2D eigenvalue weighted by molar-refractivity contribution is -0.274. The number of alkyl halides is 3. The van der Waals surface area contributed by atoms with Crippen molar-refractivity contribution in [3.05, 3.63) is 58.8 Å². The van der Waals surface area contributed by atoms with Crippen LogP contribution >= 0.6 is 15.9 Å². The van der Waals surface area contributed by atoms with Crippen molar-refractivity contribution in [1.29, 1.82) is 0 Å². The highest BCUT2D eigenvalue weighted by molar-refractivity contribution is 9.10. The maximum Gasteiger partial charge on any atom is 0.573 e. The minimum Gasteiger partial charge on any atom is -0.406 e. The predicted octanol–water partition coefficient (Wildman–Crippen LogP) is 6.90. The average Bonchev–Trinajstić information content (AvgIpc) is 2.69. The third-order valence-electron chi connectivity index (χ3n) is 4.27. The molecule has 0 radical (unpaired) electrons. The van der Waals surface area contributed by atoms with E-state index in [1.54, 1.807) is 18.2 Å². The van der Waals surface area contributed by atoms with Gasteiger partial charge in [0.1, 0.15) is 17.4 Å². The molecule has 2 N–H and O–H groups in total. The monoisotopic (exact) mass is 498 g/mol. The van der Waals surface area contributed by atoms with Crippen molar-refractivity contribution in [3.8, 4) is 17.0 Å². The first-order valence-corrected chi connectivity index (χ1v) is 10.2. The van der Waals surface area contributed by atoms with Gasteiger partial charge in [-0.05, 0) is 59.6 Å². The van der Waals surface area contributed by atoms with Gasteiger partial charge in [-0.1, -0.05) is 19.1 Å². The van der Waals surface area contributed by atoms with Crippen LogP contribution in [0.15, 0.2) is 53.0 Å². The summed E-state index contributed by atoms with van der Waals surface area (Å²) in [5.41, 5.74) is 1.36. The van der Waals surface area contributed by atoms with Crippen molar-refractivity contribution in [2.45, 2.75) is 32.7 Å². The molecule has 0 aliphatic rings. The van der Waals surface area contributed by atoms with Gasteiger partial charge in [0.15, 0.2) is 0 Å². The summed E-state index contributed by atoms with van der Waals surface area (Å²) < 4.78 is 55.7. The molecular weight excluding hydrogens is 480 g/mol. The lowest BCUT2D eigenvalue weighted by Crippen LogP contribution is -2.17. The SMILES string of the molecule is CC[C@@H](C)Nc1nc(Nc2ccc(F)cc2Br)cc(-c2cccc(OC(F)(F)F)c2)n1. The summed E-state index contributed by atoms with van der Waals surface area (Å²) in [4.78, 5) is 8.86. The number of hydrogen-bond acceptors (Lipinski definition) is 5. The molecule has 10 heteroatoms. The average molecular weight is 499 g/mol. The van der Waals surface area contributed by atoms with Crippen LogP contribution in [0.25, 0.3) is 11.3 Å². The summed E-state index contributed by atoms with van der Waals surface area (Å²) in [6.45, 7) is 3.95. The quantitative estimate of drug-likeness (QED) is 0.347. The highest BCUT2D eigenvalue weighted by Gasteiger charge is 2.31. The number of nitrogens with zero attached hydrogens (tertiary/aromatic N) is 2. The van der Waals surface area contributed by atoms with Gasteiger partial charge in [-0.15, -0.1) is 13.2 Å². The fraction of sp³-hybridized carbons (Fsp3) is 0.238. The number of halogens is 5. The summed E-state index contributed by atoms with van der Waals surface area (Å²) in [5, 5.41) is 6.24. The lowest BCUT2D eigenvalue weighted by atomic mass is 10.1. The molecule has 3 rings (SSSR count). The third kappa shape index (κ3) is 6.55. The second-order valence-corrected chi connectivity index (χ2v) is 7.59. The van der Waals surface area contributed by atoms with Gasteiger partial charge in [0.2, 0.25) is 5.95 Å². The lowest BCUT2D eigenvalue weighted by Gasteiger charge is -2.15. The van der Waals surface area contributed by atoms with Crippen LogP contribution in [0.3, 0.4) is 0 Å². The Kier molecular flexibility index (Phi) is 6.99. The van der Waals surface area contributed by atoms with E-state index >= 15 is 0 Å². The summed E-state index contributed by atoms with van der Waals surface area (Å²) in [7, 11) is 0. The first-order chi connectivity index (χ1) is 14.6. The molecule has 0 saturated heterocycles. The van der Waals surface area contributed by atoms with E-state index in [4.69, 9.17) is 0 Å². The number of ether oxygens (including phenoxy) is 1. The Labute approximate surface area is 185 Å². The molecule has 1 heterocycles. The Morgan fingerprint density at radius 3 is 2.55 bits per heavy atom. The fourth-order valence-corrected chi connectivity index (χ4v) is 3.08. The molecular formula is C21H19BrF4N4O. The number of aromatic nitrogens is 2. The molecule has 164 valence electrons. The Morgan fingerprint density at radius 1 is 1.10 bits per heavy atom. The van der Waals surface area contributed by atoms with Crippen LogP contribution in [0.5, 0.6) is 5.75 Å². The van der Waals surface area contributed by atoms with Crippen LogP contribution in [-0.2, 0) is 0 Å². The van der Waals surface area contributed by atoms with E-state index in [0.29, 0.717) is 33.2 Å². The molecule has 0 bridgehead atoms. The van der Waals surface area contributed by atoms with E-state index in [9.17, 15) is 17.6 Å². The van der Waals surface area contributed by atoms with Crippen LogP contribution in [0.1, 0.15) is 20.3 Å². The van der Waals surface area contributed by atoms with Crippen molar-refractivity contribution in [2.75, 3.05) is 10.6 Å². The molecule has 0 unspecified atom stereocenters. The number of benzene rings is 2. The van der Waals surface area contributed by atoms with Gasteiger partial charge >= 0.3 is 6.36 Å². The maximum atomic E-state index is 13.4. The van der Waals surface area contributed by atoms with Crippen LogP contribution in [0.4, 0.5) is 35.0 Å². The number of nitrogens with one attached hydrogen (secondary N) is 2. The Bertz CT molecular complexity index is 1060. The van der Waals surface area contributed by atoms with Crippen LogP contribution in [-0.4, -0.2) is 22.4 Å². The molecule has 5 nitrogen and oxygen atoms in total.